The summed E-state index contributed by atoms with van der Waals surface area (Å²) in [4.78, 5) is 11.9. The Kier molecular flexibility index (Phi) is 4.70. The van der Waals surface area contributed by atoms with Crippen molar-refractivity contribution in [2.45, 2.75) is 32.8 Å². The van der Waals surface area contributed by atoms with E-state index < -0.39 is 5.60 Å². The zero-order valence-electron chi connectivity index (χ0n) is 10.9. The molecule has 0 bridgehead atoms. The molecule has 3 heteroatoms. The quantitative estimate of drug-likeness (QED) is 0.737. The Balaban J connectivity index is 2.62. The summed E-state index contributed by atoms with van der Waals surface area (Å²) in [7, 11) is 1.64. The maximum Gasteiger partial charge on any atom is 0.338 e. The molecule has 0 spiro atoms. The van der Waals surface area contributed by atoms with Crippen LogP contribution >= 0.6 is 0 Å². The second-order valence-electron chi connectivity index (χ2n) is 4.76. The van der Waals surface area contributed by atoms with Gasteiger partial charge in [0.05, 0.1) is 5.56 Å². The highest BCUT2D eigenvalue weighted by molar-refractivity contribution is 5.89. The van der Waals surface area contributed by atoms with Crippen LogP contribution in [0.1, 0.15) is 36.2 Å². The lowest BCUT2D eigenvalue weighted by Crippen LogP contribution is -2.29. The molecule has 1 aromatic rings. The summed E-state index contributed by atoms with van der Waals surface area (Å²) in [5.41, 5.74) is 1.21. The number of hydrogen-bond donors (Lipinski definition) is 0. The fourth-order valence-electron chi connectivity index (χ4n) is 1.40. The van der Waals surface area contributed by atoms with Gasteiger partial charge in [0.15, 0.2) is 0 Å². The van der Waals surface area contributed by atoms with Gasteiger partial charge < -0.3 is 9.47 Å². The van der Waals surface area contributed by atoms with Gasteiger partial charge in [0.2, 0.25) is 0 Å². The molecule has 0 amide bonds. The standard InChI is InChI=1S/C14H20O3/c1-11-5-7-12(8-6-11)13(15)17-14(2,3)9-10-16-4/h5-8H,9-10H2,1-4H3. The molecule has 0 radical (unpaired) electrons. The molecule has 0 aliphatic rings. The lowest BCUT2D eigenvalue weighted by Gasteiger charge is -2.24. The molecular weight excluding hydrogens is 216 g/mol. The molecule has 0 unspecified atom stereocenters. The van der Waals surface area contributed by atoms with Gasteiger partial charge in [0.1, 0.15) is 5.60 Å². The third-order valence-corrected chi connectivity index (χ3v) is 2.56. The Morgan fingerprint density at radius 1 is 1.24 bits per heavy atom. The van der Waals surface area contributed by atoms with Crippen LogP contribution in [-0.4, -0.2) is 25.3 Å². The van der Waals surface area contributed by atoms with Gasteiger partial charge in [-0.2, -0.15) is 0 Å². The number of rotatable bonds is 5. The van der Waals surface area contributed by atoms with Crippen molar-refractivity contribution in [2.75, 3.05) is 13.7 Å². The number of aryl methyl sites for hydroxylation is 1. The van der Waals surface area contributed by atoms with E-state index in [1.54, 1.807) is 19.2 Å². The number of hydrogen-bond acceptors (Lipinski definition) is 3. The molecule has 0 N–H and O–H groups in total. The lowest BCUT2D eigenvalue weighted by atomic mass is 10.1. The number of ether oxygens (including phenoxy) is 2. The van der Waals surface area contributed by atoms with E-state index in [9.17, 15) is 4.79 Å². The van der Waals surface area contributed by atoms with E-state index in [2.05, 4.69) is 0 Å². The van der Waals surface area contributed by atoms with Gasteiger partial charge in [-0.15, -0.1) is 0 Å². The summed E-state index contributed by atoms with van der Waals surface area (Å²) in [5.74, 6) is -0.286. The zero-order chi connectivity index (χ0) is 12.9. The van der Waals surface area contributed by atoms with E-state index in [0.29, 0.717) is 18.6 Å². The SMILES string of the molecule is COCCC(C)(C)OC(=O)c1ccc(C)cc1. The van der Waals surface area contributed by atoms with E-state index in [1.807, 2.05) is 32.9 Å². The summed E-state index contributed by atoms with van der Waals surface area (Å²) in [5, 5.41) is 0. The van der Waals surface area contributed by atoms with Crippen LogP contribution in [0.15, 0.2) is 24.3 Å². The van der Waals surface area contributed by atoms with Crippen LogP contribution in [0.2, 0.25) is 0 Å². The molecule has 17 heavy (non-hydrogen) atoms. The van der Waals surface area contributed by atoms with Crippen LogP contribution in [0.5, 0.6) is 0 Å². The second kappa shape index (κ2) is 5.82. The fourth-order valence-corrected chi connectivity index (χ4v) is 1.40. The third kappa shape index (κ3) is 4.57. The molecule has 0 aliphatic heterocycles. The Morgan fingerprint density at radius 3 is 2.35 bits per heavy atom. The van der Waals surface area contributed by atoms with Gasteiger partial charge in [-0.1, -0.05) is 17.7 Å². The van der Waals surface area contributed by atoms with Crippen LogP contribution in [0.4, 0.5) is 0 Å². The molecule has 0 atom stereocenters. The van der Waals surface area contributed by atoms with E-state index in [4.69, 9.17) is 9.47 Å². The minimum Gasteiger partial charge on any atom is -0.456 e. The van der Waals surface area contributed by atoms with Crippen molar-refractivity contribution < 1.29 is 14.3 Å². The molecule has 94 valence electrons. The lowest BCUT2D eigenvalue weighted by molar-refractivity contribution is -0.0138. The van der Waals surface area contributed by atoms with Crippen LogP contribution in [-0.2, 0) is 9.47 Å². The fraction of sp³-hybridized carbons (Fsp3) is 0.500. The summed E-state index contributed by atoms with van der Waals surface area (Å²) >= 11 is 0. The van der Waals surface area contributed by atoms with Crippen LogP contribution in [0.3, 0.4) is 0 Å². The van der Waals surface area contributed by atoms with Gasteiger partial charge in [-0.05, 0) is 32.9 Å². The number of carbonyl (C=O) groups excluding carboxylic acids is 1. The van der Waals surface area contributed by atoms with Crippen LogP contribution in [0, 0.1) is 6.92 Å². The first-order valence-corrected chi connectivity index (χ1v) is 5.73. The smallest absolute Gasteiger partial charge is 0.338 e. The number of benzene rings is 1. The van der Waals surface area contributed by atoms with Crippen molar-refractivity contribution in [3.63, 3.8) is 0 Å². The Morgan fingerprint density at radius 2 is 1.82 bits per heavy atom. The van der Waals surface area contributed by atoms with E-state index in [1.165, 1.54) is 0 Å². The predicted octanol–water partition coefficient (Wildman–Crippen LogP) is 2.97. The minimum atomic E-state index is -0.502. The molecule has 1 aromatic carbocycles. The van der Waals surface area contributed by atoms with Gasteiger partial charge in [0.25, 0.3) is 0 Å². The van der Waals surface area contributed by atoms with Gasteiger partial charge in [-0.3, -0.25) is 0 Å². The van der Waals surface area contributed by atoms with Gasteiger partial charge >= 0.3 is 5.97 Å². The third-order valence-electron chi connectivity index (χ3n) is 2.56. The van der Waals surface area contributed by atoms with E-state index >= 15 is 0 Å². The van der Waals surface area contributed by atoms with Crippen molar-refractivity contribution >= 4 is 5.97 Å². The summed E-state index contributed by atoms with van der Waals surface area (Å²) in [6.45, 7) is 6.34. The molecule has 0 fully saturated rings. The zero-order valence-corrected chi connectivity index (χ0v) is 10.9. The minimum absolute atomic E-state index is 0.286. The summed E-state index contributed by atoms with van der Waals surface area (Å²) in [6, 6.07) is 7.37. The topological polar surface area (TPSA) is 35.5 Å². The first kappa shape index (κ1) is 13.7. The molecule has 0 aliphatic carbocycles. The average molecular weight is 236 g/mol. The van der Waals surface area contributed by atoms with Crippen molar-refractivity contribution in [3.05, 3.63) is 35.4 Å². The molecular formula is C14H20O3. The predicted molar refractivity (Wildman–Crippen MR) is 67.2 cm³/mol. The highest BCUT2D eigenvalue weighted by Crippen LogP contribution is 2.17. The number of esters is 1. The van der Waals surface area contributed by atoms with Crippen molar-refractivity contribution in [3.8, 4) is 0 Å². The largest absolute Gasteiger partial charge is 0.456 e. The molecule has 1 rings (SSSR count). The first-order valence-electron chi connectivity index (χ1n) is 5.73. The number of methoxy groups -OCH3 is 1. The van der Waals surface area contributed by atoms with Crippen LogP contribution < -0.4 is 0 Å². The van der Waals surface area contributed by atoms with Gasteiger partial charge in [-0.25, -0.2) is 4.79 Å². The first-order chi connectivity index (χ1) is 7.94. The molecule has 0 saturated heterocycles. The molecule has 0 saturated carbocycles. The maximum absolute atomic E-state index is 11.9. The summed E-state index contributed by atoms with van der Waals surface area (Å²) < 4.78 is 10.4. The maximum atomic E-state index is 11.9. The number of carbonyl (C=O) groups is 1. The Bertz CT molecular complexity index is 366. The Hall–Kier alpha value is -1.35. The van der Waals surface area contributed by atoms with E-state index in [0.717, 1.165) is 5.56 Å². The van der Waals surface area contributed by atoms with Crippen molar-refractivity contribution in [1.82, 2.24) is 0 Å². The van der Waals surface area contributed by atoms with E-state index in [-0.39, 0.29) is 5.97 Å². The molecule has 0 aromatic heterocycles. The highest BCUT2D eigenvalue weighted by Gasteiger charge is 2.23. The normalized spacial score (nSPS) is 11.3. The van der Waals surface area contributed by atoms with Crippen molar-refractivity contribution in [1.29, 1.82) is 0 Å². The highest BCUT2D eigenvalue weighted by atomic mass is 16.6. The molecule has 3 nitrogen and oxygen atoms in total. The van der Waals surface area contributed by atoms with Gasteiger partial charge in [0, 0.05) is 20.1 Å². The van der Waals surface area contributed by atoms with Crippen molar-refractivity contribution in [2.24, 2.45) is 0 Å². The second-order valence-corrected chi connectivity index (χ2v) is 4.76. The monoisotopic (exact) mass is 236 g/mol. The summed E-state index contributed by atoms with van der Waals surface area (Å²) in [6.07, 6.45) is 0.682. The average Bonchev–Trinajstić information content (AvgIpc) is 2.26. The Labute approximate surface area is 103 Å². The molecule has 0 heterocycles. The van der Waals surface area contributed by atoms with Crippen LogP contribution in [0.25, 0.3) is 0 Å².